The molecule has 0 aliphatic heterocycles. The molecule has 0 unspecified atom stereocenters. The number of furan rings is 1. The van der Waals surface area contributed by atoms with Crippen LogP contribution in [0.1, 0.15) is 21.5 Å². The maximum Gasteiger partial charge on any atom is 0.150 e. The van der Waals surface area contributed by atoms with Gasteiger partial charge in [0.1, 0.15) is 11.2 Å². The van der Waals surface area contributed by atoms with Crippen LogP contribution in [0.3, 0.4) is 0 Å². The molecule has 6 bridgehead atoms. The third-order valence-electron chi connectivity index (χ3n) is 7.90. The second-order valence-electron chi connectivity index (χ2n) is 10.9. The average molecular weight is 559 g/mol. The van der Waals surface area contributed by atoms with Crippen molar-refractivity contribution in [2.75, 3.05) is 0 Å². The predicted octanol–water partition coefficient (Wildman–Crippen LogP) is 10.5. The fourth-order valence-corrected chi connectivity index (χ4v) is 5.69. The summed E-state index contributed by atoms with van der Waals surface area (Å²) >= 11 is 0. The van der Waals surface area contributed by atoms with Crippen molar-refractivity contribution in [3.8, 4) is 33.4 Å². The molecule has 3 aromatic carbocycles. The first-order valence-electron chi connectivity index (χ1n) is 14.4. The van der Waals surface area contributed by atoms with Gasteiger partial charge >= 0.3 is 0 Å². The van der Waals surface area contributed by atoms with Gasteiger partial charge in [-0.3, -0.25) is 4.79 Å². The number of aldehydes is 1. The fraction of sp³-hybridized carbons (Fsp3) is 0.0513. The highest BCUT2D eigenvalue weighted by molar-refractivity contribution is 5.99. The number of aryl methyl sites for hydroxylation is 2. The zero-order valence-electron chi connectivity index (χ0n) is 24.0. The molecule has 4 aromatic heterocycles. The van der Waals surface area contributed by atoms with Gasteiger partial charge in [-0.2, -0.15) is 0 Å². The number of H-pyrrole nitrogens is 2. The Balaban J connectivity index is 1.67. The van der Waals surface area contributed by atoms with E-state index >= 15 is 0 Å². The van der Waals surface area contributed by atoms with Gasteiger partial charge in [0.25, 0.3) is 0 Å². The Morgan fingerprint density at radius 3 is 1.56 bits per heavy atom. The van der Waals surface area contributed by atoms with Crippen LogP contribution in [0.15, 0.2) is 132 Å². The van der Waals surface area contributed by atoms with Gasteiger partial charge in [-0.1, -0.05) is 90.0 Å². The number of aromatic nitrogens is 2. The number of aromatic amines is 2. The van der Waals surface area contributed by atoms with E-state index in [1.165, 1.54) is 11.1 Å². The van der Waals surface area contributed by atoms with Gasteiger partial charge in [0.15, 0.2) is 6.29 Å². The highest BCUT2D eigenvalue weighted by atomic mass is 16.3. The lowest BCUT2D eigenvalue weighted by atomic mass is 10.0. The molecule has 0 saturated heterocycles. The maximum atomic E-state index is 12.6. The van der Waals surface area contributed by atoms with Crippen molar-refractivity contribution in [2.45, 2.75) is 13.8 Å². The molecule has 208 valence electrons. The van der Waals surface area contributed by atoms with Crippen molar-refractivity contribution in [1.29, 1.82) is 0 Å². The molecule has 0 fully saturated rings. The van der Waals surface area contributed by atoms with Gasteiger partial charge in [0.05, 0.1) is 11.0 Å². The molecule has 0 spiro atoms. The molecule has 0 saturated carbocycles. The van der Waals surface area contributed by atoms with Crippen LogP contribution in [-0.4, -0.2) is 16.3 Å². The van der Waals surface area contributed by atoms with E-state index < -0.39 is 0 Å². The van der Waals surface area contributed by atoms with E-state index in [1.54, 1.807) is 0 Å². The van der Waals surface area contributed by atoms with E-state index in [1.807, 2.05) is 66.7 Å². The van der Waals surface area contributed by atoms with Gasteiger partial charge in [0.2, 0.25) is 0 Å². The Labute approximate surface area is 249 Å². The number of nitrogens with one attached hydrogen (secondary N) is 2. The molecule has 0 aliphatic carbocycles. The summed E-state index contributed by atoms with van der Waals surface area (Å²) in [6.07, 6.45) is 0.925. The minimum absolute atomic E-state index is 0.574. The van der Waals surface area contributed by atoms with Crippen LogP contribution in [0.4, 0.5) is 0 Å². The van der Waals surface area contributed by atoms with Gasteiger partial charge in [-0.05, 0) is 79.1 Å². The molecule has 0 amide bonds. The largest absolute Gasteiger partial charge is 0.456 e. The van der Waals surface area contributed by atoms with Crippen LogP contribution < -0.4 is 0 Å². The Kier molecular flexibility index (Phi) is 6.72. The predicted molar refractivity (Wildman–Crippen MR) is 178 cm³/mol. The summed E-state index contributed by atoms with van der Waals surface area (Å²) in [6.45, 7) is 4.17. The molecule has 4 heteroatoms. The van der Waals surface area contributed by atoms with E-state index in [4.69, 9.17) is 4.42 Å². The number of hydrogen-bond donors (Lipinski definition) is 2. The van der Waals surface area contributed by atoms with Crippen molar-refractivity contribution < 1.29 is 9.21 Å². The van der Waals surface area contributed by atoms with Crippen molar-refractivity contribution in [3.63, 3.8) is 0 Å². The molecule has 7 rings (SSSR count). The van der Waals surface area contributed by atoms with Gasteiger partial charge in [-0.15, -0.1) is 0 Å². The molecule has 0 aliphatic rings. The second-order valence-corrected chi connectivity index (χ2v) is 10.9. The molecule has 4 heterocycles. The smallest absolute Gasteiger partial charge is 0.150 e. The van der Waals surface area contributed by atoms with Crippen LogP contribution in [0.5, 0.6) is 0 Å². The van der Waals surface area contributed by atoms with E-state index in [2.05, 4.69) is 84.5 Å². The normalized spacial score (nSPS) is 11.1. The third-order valence-corrected chi connectivity index (χ3v) is 7.90. The summed E-state index contributed by atoms with van der Waals surface area (Å²) < 4.78 is 6.74. The van der Waals surface area contributed by atoms with Crippen LogP contribution in [-0.2, 0) is 0 Å². The van der Waals surface area contributed by atoms with E-state index in [0.29, 0.717) is 5.56 Å². The van der Waals surface area contributed by atoms with E-state index in [-0.39, 0.29) is 0 Å². The molecule has 4 nitrogen and oxygen atoms in total. The lowest BCUT2D eigenvalue weighted by Crippen LogP contribution is -1.87. The third kappa shape index (κ3) is 5.04. The molecular formula is C39H30N2O2. The second kappa shape index (κ2) is 11.0. The van der Waals surface area contributed by atoms with Gasteiger partial charge in [0, 0.05) is 33.3 Å². The highest BCUT2D eigenvalue weighted by Gasteiger charge is 2.13. The fourth-order valence-electron chi connectivity index (χ4n) is 5.69. The Morgan fingerprint density at radius 2 is 0.977 bits per heavy atom. The Hall–Kier alpha value is -5.61. The Bertz CT molecular complexity index is 2200. The van der Waals surface area contributed by atoms with Gasteiger partial charge < -0.3 is 14.4 Å². The summed E-state index contributed by atoms with van der Waals surface area (Å²) in [5, 5.41) is 0. The monoisotopic (exact) mass is 558 g/mol. The zero-order valence-corrected chi connectivity index (χ0v) is 24.0. The number of rotatable bonds is 4. The van der Waals surface area contributed by atoms with Crippen molar-refractivity contribution in [1.82, 2.24) is 9.97 Å². The molecular weight excluding hydrogens is 528 g/mol. The van der Waals surface area contributed by atoms with Gasteiger partial charge in [-0.25, -0.2) is 0 Å². The Morgan fingerprint density at radius 1 is 0.488 bits per heavy atom. The zero-order chi connectivity index (χ0) is 29.3. The summed E-state index contributed by atoms with van der Waals surface area (Å²) in [5.74, 6) is 0. The SMILES string of the molecule is Cc1ccc(-c2c3ccc(ccc(C=O)c(-c4ccccc4)c4ccc([nH]4)c(-c4ccc(C)cc4)c4ccc2o4)[nH]3)cc1. The first-order valence-corrected chi connectivity index (χ1v) is 14.4. The summed E-state index contributed by atoms with van der Waals surface area (Å²) in [4.78, 5) is 19.8. The number of carbonyl (C=O) groups excluding carboxylic acids is 1. The van der Waals surface area contributed by atoms with E-state index in [0.717, 1.165) is 72.9 Å². The lowest BCUT2D eigenvalue weighted by Gasteiger charge is -2.05. The first-order chi connectivity index (χ1) is 21.1. The molecule has 2 N–H and O–H groups in total. The minimum Gasteiger partial charge on any atom is -0.456 e. The number of hydrogen-bond acceptors (Lipinski definition) is 2. The van der Waals surface area contributed by atoms with Crippen LogP contribution in [0.2, 0.25) is 0 Å². The summed E-state index contributed by atoms with van der Waals surface area (Å²) in [7, 11) is 0. The maximum absolute atomic E-state index is 12.6. The molecule has 43 heavy (non-hydrogen) atoms. The minimum atomic E-state index is 0.574. The van der Waals surface area contributed by atoms with Crippen LogP contribution >= 0.6 is 0 Å². The highest BCUT2D eigenvalue weighted by Crippen LogP contribution is 2.36. The summed E-state index contributed by atoms with van der Waals surface area (Å²) in [5.41, 5.74) is 13.8. The van der Waals surface area contributed by atoms with E-state index in [9.17, 15) is 4.79 Å². The number of fused-ring (bicyclic) bond motifs is 6. The standard InChI is InChI=1S/C39H30N2O2/c1-25-8-12-28(13-9-25)38-33-19-18-31(40-33)17-16-30(24-42)37(27-6-4-3-5-7-27)32-20-21-34(41-32)39(36-23-22-35(38)43-36)29-14-10-26(2)11-15-29/h3-24,40-41H,1-2H3. The number of benzene rings is 3. The van der Waals surface area contributed by atoms with Crippen LogP contribution in [0.25, 0.3) is 66.6 Å². The van der Waals surface area contributed by atoms with Crippen molar-refractivity contribution >= 4 is 39.5 Å². The molecule has 7 aromatic rings. The molecule has 0 atom stereocenters. The quantitative estimate of drug-likeness (QED) is 0.211. The lowest BCUT2D eigenvalue weighted by molar-refractivity contribution is 0.112. The topological polar surface area (TPSA) is 61.8 Å². The van der Waals surface area contributed by atoms with Crippen molar-refractivity contribution in [2.24, 2.45) is 0 Å². The van der Waals surface area contributed by atoms with Crippen LogP contribution in [0, 0.1) is 13.8 Å². The first kappa shape index (κ1) is 26.3. The average Bonchev–Trinajstić information content (AvgIpc) is 3.80. The summed E-state index contributed by atoms with van der Waals surface area (Å²) in [6, 6.07) is 43.1. The number of carbonyl (C=O) groups is 1. The van der Waals surface area contributed by atoms with Crippen molar-refractivity contribution in [3.05, 3.63) is 144 Å². The molecule has 0 radical (unpaired) electrons.